The first-order chi connectivity index (χ1) is 10.0. The van der Waals surface area contributed by atoms with Crippen molar-refractivity contribution < 1.29 is 9.53 Å². The molecule has 21 heavy (non-hydrogen) atoms. The van der Waals surface area contributed by atoms with Gasteiger partial charge in [0.05, 0.1) is 18.7 Å². The van der Waals surface area contributed by atoms with E-state index in [1.807, 2.05) is 31.2 Å². The van der Waals surface area contributed by atoms with E-state index in [1.54, 1.807) is 25.3 Å². The van der Waals surface area contributed by atoms with Crippen molar-refractivity contribution in [2.75, 3.05) is 12.8 Å². The van der Waals surface area contributed by atoms with Gasteiger partial charge in [0.1, 0.15) is 5.75 Å². The number of ether oxygens (including phenoxy) is 1. The largest absolute Gasteiger partial charge is 0.497 e. The van der Waals surface area contributed by atoms with Gasteiger partial charge >= 0.3 is 0 Å². The van der Waals surface area contributed by atoms with Gasteiger partial charge in [0.2, 0.25) is 0 Å². The van der Waals surface area contributed by atoms with Crippen molar-refractivity contribution in [3.05, 3.63) is 58.1 Å². The molecule has 0 bridgehead atoms. The zero-order valence-electron chi connectivity index (χ0n) is 11.9. The third kappa shape index (κ3) is 3.55. The molecule has 0 heterocycles. The molecule has 0 aliphatic rings. The van der Waals surface area contributed by atoms with E-state index >= 15 is 0 Å². The fourth-order valence-corrected chi connectivity index (χ4v) is 2.68. The summed E-state index contributed by atoms with van der Waals surface area (Å²) in [6.45, 7) is 1.93. The number of hydrogen-bond donors (Lipinski definition) is 2. The smallest absolute Gasteiger partial charge is 0.253 e. The van der Waals surface area contributed by atoms with E-state index in [0.29, 0.717) is 17.0 Å². The zero-order valence-corrected chi connectivity index (χ0v) is 13.5. The second kappa shape index (κ2) is 6.63. The summed E-state index contributed by atoms with van der Waals surface area (Å²) >= 11 is 3.48. The van der Waals surface area contributed by atoms with Crippen molar-refractivity contribution in [1.29, 1.82) is 0 Å². The molecule has 0 spiro atoms. The topological polar surface area (TPSA) is 64.3 Å². The normalized spacial score (nSPS) is 11.8. The van der Waals surface area contributed by atoms with E-state index in [0.717, 1.165) is 10.0 Å². The molecule has 2 aromatic rings. The maximum absolute atomic E-state index is 12.3. The fourth-order valence-electron chi connectivity index (χ4n) is 2.05. The molecule has 0 saturated heterocycles. The molecule has 0 unspecified atom stereocenters. The van der Waals surface area contributed by atoms with Crippen molar-refractivity contribution in [2.24, 2.45) is 0 Å². The van der Waals surface area contributed by atoms with E-state index in [-0.39, 0.29) is 11.9 Å². The Morgan fingerprint density at radius 3 is 2.62 bits per heavy atom. The number of nitrogens with one attached hydrogen (secondary N) is 1. The van der Waals surface area contributed by atoms with Crippen LogP contribution in [0.5, 0.6) is 5.75 Å². The van der Waals surface area contributed by atoms with Crippen molar-refractivity contribution in [3.8, 4) is 5.75 Å². The van der Waals surface area contributed by atoms with Gasteiger partial charge in [0.15, 0.2) is 0 Å². The van der Waals surface area contributed by atoms with Gasteiger partial charge in [0.25, 0.3) is 5.91 Å². The molecule has 110 valence electrons. The molecule has 3 N–H and O–H groups in total. The molecule has 0 aliphatic heterocycles. The van der Waals surface area contributed by atoms with Gasteiger partial charge in [-0.05, 0) is 30.7 Å². The van der Waals surface area contributed by atoms with Crippen molar-refractivity contribution in [2.45, 2.75) is 13.0 Å². The molecule has 0 fully saturated rings. The molecule has 5 heteroatoms. The van der Waals surface area contributed by atoms with Crippen LogP contribution in [0.15, 0.2) is 46.9 Å². The summed E-state index contributed by atoms with van der Waals surface area (Å²) in [5, 5.41) is 2.94. The van der Waals surface area contributed by atoms with Gasteiger partial charge in [-0.25, -0.2) is 0 Å². The lowest BCUT2D eigenvalue weighted by Gasteiger charge is -2.16. The predicted molar refractivity (Wildman–Crippen MR) is 87.4 cm³/mol. The van der Waals surface area contributed by atoms with Crippen LogP contribution < -0.4 is 15.8 Å². The van der Waals surface area contributed by atoms with E-state index in [1.165, 1.54) is 0 Å². The molecule has 0 aromatic heterocycles. The average molecular weight is 349 g/mol. The first kappa shape index (κ1) is 15.4. The number of nitrogen functional groups attached to an aromatic ring is 1. The Kier molecular flexibility index (Phi) is 4.85. The molecular weight excluding hydrogens is 332 g/mol. The lowest BCUT2D eigenvalue weighted by atomic mass is 10.1. The van der Waals surface area contributed by atoms with Crippen LogP contribution in [0.4, 0.5) is 5.69 Å². The van der Waals surface area contributed by atoms with Gasteiger partial charge in [0, 0.05) is 16.2 Å². The summed E-state index contributed by atoms with van der Waals surface area (Å²) in [5.41, 5.74) is 7.74. The van der Waals surface area contributed by atoms with Crippen LogP contribution in [0.1, 0.15) is 28.9 Å². The highest BCUT2D eigenvalue weighted by Gasteiger charge is 2.15. The predicted octanol–water partition coefficient (Wildman–Crippen LogP) is 3.53. The van der Waals surface area contributed by atoms with Crippen LogP contribution in [0.2, 0.25) is 0 Å². The Bertz CT molecular complexity index is 658. The van der Waals surface area contributed by atoms with E-state index in [9.17, 15) is 4.79 Å². The summed E-state index contributed by atoms with van der Waals surface area (Å²) in [6, 6.07) is 12.7. The molecule has 0 aliphatic carbocycles. The van der Waals surface area contributed by atoms with Crippen LogP contribution in [-0.4, -0.2) is 13.0 Å². The maximum atomic E-state index is 12.3. The van der Waals surface area contributed by atoms with Crippen LogP contribution in [0.3, 0.4) is 0 Å². The Hall–Kier alpha value is -2.01. The fraction of sp³-hybridized carbons (Fsp3) is 0.188. The van der Waals surface area contributed by atoms with Crippen LogP contribution in [-0.2, 0) is 0 Å². The van der Waals surface area contributed by atoms with Crippen molar-refractivity contribution in [1.82, 2.24) is 5.32 Å². The van der Waals surface area contributed by atoms with Crippen LogP contribution >= 0.6 is 15.9 Å². The average Bonchev–Trinajstić information content (AvgIpc) is 2.47. The number of carbonyl (C=O) groups is 1. The maximum Gasteiger partial charge on any atom is 0.253 e. The molecule has 0 radical (unpaired) electrons. The third-order valence-electron chi connectivity index (χ3n) is 3.22. The Morgan fingerprint density at radius 2 is 2.00 bits per heavy atom. The number of halogens is 1. The molecule has 2 rings (SSSR count). The minimum atomic E-state index is -0.210. The van der Waals surface area contributed by atoms with Crippen LogP contribution in [0, 0.1) is 0 Å². The Balaban J connectivity index is 2.16. The molecule has 0 saturated carbocycles. The first-order valence-electron chi connectivity index (χ1n) is 6.51. The lowest BCUT2D eigenvalue weighted by Crippen LogP contribution is -2.27. The third-order valence-corrected chi connectivity index (χ3v) is 3.94. The first-order valence-corrected chi connectivity index (χ1v) is 7.31. The summed E-state index contributed by atoms with van der Waals surface area (Å²) in [4.78, 5) is 12.3. The number of carbonyl (C=O) groups excluding carboxylic acids is 1. The minimum Gasteiger partial charge on any atom is -0.497 e. The van der Waals surface area contributed by atoms with Crippen molar-refractivity contribution >= 4 is 27.5 Å². The van der Waals surface area contributed by atoms with Gasteiger partial charge in [-0.3, -0.25) is 4.79 Å². The van der Waals surface area contributed by atoms with E-state index in [4.69, 9.17) is 10.5 Å². The highest BCUT2D eigenvalue weighted by Crippen LogP contribution is 2.24. The molecule has 2 aromatic carbocycles. The molecular formula is C16H17BrN2O2. The Morgan fingerprint density at radius 1 is 1.29 bits per heavy atom. The van der Waals surface area contributed by atoms with Crippen molar-refractivity contribution in [3.63, 3.8) is 0 Å². The summed E-state index contributed by atoms with van der Waals surface area (Å²) in [7, 11) is 1.56. The second-order valence-corrected chi connectivity index (χ2v) is 5.52. The SMILES string of the molecule is COc1ccc(C(=O)N[C@@H](C)c2ccccc2Br)c(N)c1. The highest BCUT2D eigenvalue weighted by molar-refractivity contribution is 9.10. The van der Waals surface area contributed by atoms with Gasteiger partial charge in [-0.1, -0.05) is 34.1 Å². The van der Waals surface area contributed by atoms with Gasteiger partial charge < -0.3 is 15.8 Å². The van der Waals surface area contributed by atoms with E-state index in [2.05, 4.69) is 21.2 Å². The van der Waals surface area contributed by atoms with Crippen LogP contribution in [0.25, 0.3) is 0 Å². The van der Waals surface area contributed by atoms with E-state index < -0.39 is 0 Å². The number of anilines is 1. The van der Waals surface area contributed by atoms with Gasteiger partial charge in [-0.15, -0.1) is 0 Å². The monoisotopic (exact) mass is 348 g/mol. The summed E-state index contributed by atoms with van der Waals surface area (Å²) in [6.07, 6.45) is 0. The number of nitrogens with two attached hydrogens (primary N) is 1. The number of methoxy groups -OCH3 is 1. The molecule has 4 nitrogen and oxygen atoms in total. The number of benzene rings is 2. The number of rotatable bonds is 4. The standard InChI is InChI=1S/C16H17BrN2O2/c1-10(12-5-3-4-6-14(12)17)19-16(20)13-8-7-11(21-2)9-15(13)18/h3-10H,18H2,1-2H3,(H,19,20)/t10-/m0/s1. The highest BCUT2D eigenvalue weighted by atomic mass is 79.9. The lowest BCUT2D eigenvalue weighted by molar-refractivity contribution is 0.0940. The Labute approximate surface area is 132 Å². The summed E-state index contributed by atoms with van der Waals surface area (Å²) < 4.78 is 6.04. The number of amides is 1. The minimum absolute atomic E-state index is 0.130. The quantitative estimate of drug-likeness (QED) is 0.830. The zero-order chi connectivity index (χ0) is 15.4. The molecule has 1 atom stereocenters. The summed E-state index contributed by atoms with van der Waals surface area (Å²) in [5.74, 6) is 0.418. The molecule has 1 amide bonds. The van der Waals surface area contributed by atoms with Gasteiger partial charge in [-0.2, -0.15) is 0 Å². The second-order valence-electron chi connectivity index (χ2n) is 4.67. The number of hydrogen-bond acceptors (Lipinski definition) is 3.